The number of nitrogens with zero attached hydrogens (tertiary/aromatic N) is 1. The Labute approximate surface area is 107 Å². The van der Waals surface area contributed by atoms with Crippen LogP contribution in [0, 0.1) is 17.8 Å². The molecule has 3 atom stereocenters. The highest BCUT2D eigenvalue weighted by atomic mass is 15.2. The first-order chi connectivity index (χ1) is 8.18. The van der Waals surface area contributed by atoms with E-state index in [1.165, 1.54) is 51.9 Å². The number of nitrogens with one attached hydrogen (secondary N) is 1. The number of hydrogen-bond acceptors (Lipinski definition) is 2. The molecule has 0 amide bonds. The number of likely N-dealkylation sites (tertiary alicyclic amines) is 1. The van der Waals surface area contributed by atoms with E-state index in [1.54, 1.807) is 0 Å². The molecule has 2 rings (SSSR count). The van der Waals surface area contributed by atoms with Crippen molar-refractivity contribution in [3.05, 3.63) is 0 Å². The smallest absolute Gasteiger partial charge is 0.0145 e. The van der Waals surface area contributed by atoms with Crippen LogP contribution in [0.3, 0.4) is 0 Å². The lowest BCUT2D eigenvalue weighted by Crippen LogP contribution is -2.49. The Morgan fingerprint density at radius 3 is 2.65 bits per heavy atom. The standard InChI is InChI=1S/C15H30N2/c1-12(2)14-5-4-9-17(10-7-14)15-6-8-16-11-13(15)3/h12-16H,4-11H2,1-3H3. The van der Waals surface area contributed by atoms with E-state index in [2.05, 4.69) is 31.0 Å². The van der Waals surface area contributed by atoms with Gasteiger partial charge in [0.2, 0.25) is 0 Å². The Bertz CT molecular complexity index is 227. The Morgan fingerprint density at radius 2 is 1.94 bits per heavy atom. The molecule has 2 heterocycles. The van der Waals surface area contributed by atoms with Gasteiger partial charge in [-0.2, -0.15) is 0 Å². The van der Waals surface area contributed by atoms with Gasteiger partial charge in [0, 0.05) is 6.04 Å². The van der Waals surface area contributed by atoms with Gasteiger partial charge >= 0.3 is 0 Å². The summed E-state index contributed by atoms with van der Waals surface area (Å²) < 4.78 is 0. The first kappa shape index (κ1) is 13.4. The van der Waals surface area contributed by atoms with Gasteiger partial charge in [0.1, 0.15) is 0 Å². The summed E-state index contributed by atoms with van der Waals surface area (Å²) in [6.07, 6.45) is 5.65. The molecule has 3 unspecified atom stereocenters. The van der Waals surface area contributed by atoms with Crippen molar-refractivity contribution < 1.29 is 0 Å². The van der Waals surface area contributed by atoms with Crippen LogP contribution in [0.5, 0.6) is 0 Å². The molecule has 2 heteroatoms. The average molecular weight is 238 g/mol. The fraction of sp³-hybridized carbons (Fsp3) is 1.00. The van der Waals surface area contributed by atoms with E-state index in [0.29, 0.717) is 0 Å². The maximum atomic E-state index is 3.52. The highest BCUT2D eigenvalue weighted by molar-refractivity contribution is 4.85. The van der Waals surface area contributed by atoms with Gasteiger partial charge in [0.05, 0.1) is 0 Å². The Morgan fingerprint density at radius 1 is 1.12 bits per heavy atom. The first-order valence-electron chi connectivity index (χ1n) is 7.63. The van der Waals surface area contributed by atoms with Crippen LogP contribution in [0.25, 0.3) is 0 Å². The summed E-state index contributed by atoms with van der Waals surface area (Å²) in [4.78, 5) is 2.80. The minimum atomic E-state index is 0.833. The molecule has 2 aliphatic heterocycles. The largest absolute Gasteiger partial charge is 0.316 e. The maximum Gasteiger partial charge on any atom is 0.0145 e. The van der Waals surface area contributed by atoms with Crippen LogP contribution in [0.15, 0.2) is 0 Å². The summed E-state index contributed by atoms with van der Waals surface area (Å²) in [5.74, 6) is 2.68. The van der Waals surface area contributed by atoms with Crippen molar-refractivity contribution in [2.45, 2.75) is 52.5 Å². The topological polar surface area (TPSA) is 15.3 Å². The van der Waals surface area contributed by atoms with Crippen LogP contribution in [0.4, 0.5) is 0 Å². The van der Waals surface area contributed by atoms with Crippen LogP contribution in [-0.2, 0) is 0 Å². The van der Waals surface area contributed by atoms with E-state index in [9.17, 15) is 0 Å². The second-order valence-corrected chi connectivity index (χ2v) is 6.51. The molecule has 0 bridgehead atoms. The van der Waals surface area contributed by atoms with Crippen molar-refractivity contribution in [1.29, 1.82) is 0 Å². The molecule has 0 spiro atoms. The lowest BCUT2D eigenvalue weighted by Gasteiger charge is -2.38. The molecule has 2 nitrogen and oxygen atoms in total. The molecule has 1 N–H and O–H groups in total. The summed E-state index contributed by atoms with van der Waals surface area (Å²) in [6.45, 7) is 12.3. The van der Waals surface area contributed by atoms with Crippen molar-refractivity contribution >= 4 is 0 Å². The van der Waals surface area contributed by atoms with E-state index in [4.69, 9.17) is 0 Å². The van der Waals surface area contributed by atoms with Crippen molar-refractivity contribution in [2.75, 3.05) is 26.2 Å². The summed E-state index contributed by atoms with van der Waals surface area (Å²) in [6, 6.07) is 0.849. The highest BCUT2D eigenvalue weighted by Crippen LogP contribution is 2.27. The normalized spacial score (nSPS) is 37.1. The van der Waals surface area contributed by atoms with Crippen LogP contribution in [-0.4, -0.2) is 37.1 Å². The second-order valence-electron chi connectivity index (χ2n) is 6.51. The Kier molecular flexibility index (Phi) is 4.87. The predicted molar refractivity (Wildman–Crippen MR) is 74.2 cm³/mol. The van der Waals surface area contributed by atoms with Gasteiger partial charge < -0.3 is 10.2 Å². The molecule has 2 fully saturated rings. The van der Waals surface area contributed by atoms with Crippen LogP contribution in [0.2, 0.25) is 0 Å². The average Bonchev–Trinajstić information content (AvgIpc) is 2.55. The molecule has 100 valence electrons. The molecular formula is C15H30N2. The van der Waals surface area contributed by atoms with Gasteiger partial charge in [-0.3, -0.25) is 0 Å². The fourth-order valence-corrected chi connectivity index (χ4v) is 3.69. The molecule has 0 aliphatic carbocycles. The monoisotopic (exact) mass is 238 g/mol. The third kappa shape index (κ3) is 3.45. The highest BCUT2D eigenvalue weighted by Gasteiger charge is 2.29. The van der Waals surface area contributed by atoms with E-state index in [-0.39, 0.29) is 0 Å². The third-order valence-corrected chi connectivity index (χ3v) is 4.96. The summed E-state index contributed by atoms with van der Waals surface area (Å²) in [7, 11) is 0. The van der Waals surface area contributed by atoms with Crippen molar-refractivity contribution in [3.8, 4) is 0 Å². The van der Waals surface area contributed by atoms with Crippen LogP contribution in [0.1, 0.15) is 46.5 Å². The van der Waals surface area contributed by atoms with Gasteiger partial charge in [-0.15, -0.1) is 0 Å². The first-order valence-corrected chi connectivity index (χ1v) is 7.63. The minimum Gasteiger partial charge on any atom is -0.316 e. The van der Waals surface area contributed by atoms with Crippen LogP contribution < -0.4 is 5.32 Å². The zero-order chi connectivity index (χ0) is 12.3. The van der Waals surface area contributed by atoms with E-state index in [1.807, 2.05) is 0 Å². The molecule has 0 saturated carbocycles. The van der Waals surface area contributed by atoms with E-state index >= 15 is 0 Å². The number of piperidine rings is 1. The molecule has 2 saturated heterocycles. The van der Waals surface area contributed by atoms with Gasteiger partial charge in [-0.25, -0.2) is 0 Å². The molecule has 2 aliphatic rings. The number of hydrogen-bond donors (Lipinski definition) is 1. The molecule has 17 heavy (non-hydrogen) atoms. The molecular weight excluding hydrogens is 208 g/mol. The van der Waals surface area contributed by atoms with E-state index in [0.717, 1.165) is 23.8 Å². The second kappa shape index (κ2) is 6.19. The molecule has 0 aromatic carbocycles. The quantitative estimate of drug-likeness (QED) is 0.796. The zero-order valence-electron chi connectivity index (χ0n) is 11.9. The molecule has 0 aromatic heterocycles. The molecule has 0 aromatic rings. The predicted octanol–water partition coefficient (Wildman–Crippen LogP) is 2.74. The van der Waals surface area contributed by atoms with Gasteiger partial charge in [-0.05, 0) is 69.6 Å². The lowest BCUT2D eigenvalue weighted by atomic mass is 9.89. The van der Waals surface area contributed by atoms with Gasteiger partial charge in [0.15, 0.2) is 0 Å². The van der Waals surface area contributed by atoms with E-state index < -0.39 is 0 Å². The van der Waals surface area contributed by atoms with Gasteiger partial charge in [0.25, 0.3) is 0 Å². The summed E-state index contributed by atoms with van der Waals surface area (Å²) in [5, 5.41) is 3.52. The maximum absolute atomic E-state index is 3.52. The van der Waals surface area contributed by atoms with Crippen molar-refractivity contribution in [2.24, 2.45) is 17.8 Å². The van der Waals surface area contributed by atoms with Crippen molar-refractivity contribution in [1.82, 2.24) is 10.2 Å². The summed E-state index contributed by atoms with van der Waals surface area (Å²) >= 11 is 0. The minimum absolute atomic E-state index is 0.833. The Hall–Kier alpha value is -0.0800. The SMILES string of the molecule is CC(C)C1CCCN(C2CCNCC2C)CC1. The fourth-order valence-electron chi connectivity index (χ4n) is 3.69. The number of rotatable bonds is 2. The zero-order valence-corrected chi connectivity index (χ0v) is 11.9. The lowest BCUT2D eigenvalue weighted by molar-refractivity contribution is 0.122. The Balaban J connectivity index is 1.89. The molecule has 0 radical (unpaired) electrons. The van der Waals surface area contributed by atoms with Crippen LogP contribution >= 0.6 is 0 Å². The third-order valence-electron chi connectivity index (χ3n) is 4.96. The van der Waals surface area contributed by atoms with Crippen molar-refractivity contribution in [3.63, 3.8) is 0 Å². The summed E-state index contributed by atoms with van der Waals surface area (Å²) in [5.41, 5.74) is 0. The van der Waals surface area contributed by atoms with Gasteiger partial charge in [-0.1, -0.05) is 20.8 Å².